The van der Waals surface area contributed by atoms with E-state index < -0.39 is 0 Å². The van der Waals surface area contributed by atoms with Gasteiger partial charge in [0.2, 0.25) is 5.91 Å². The first-order valence-electron chi connectivity index (χ1n) is 6.52. The Morgan fingerprint density at radius 3 is 2.62 bits per heavy atom. The van der Waals surface area contributed by atoms with Crippen LogP contribution in [0, 0.1) is 6.92 Å². The van der Waals surface area contributed by atoms with E-state index in [4.69, 9.17) is 11.6 Å². The van der Waals surface area contributed by atoms with Crippen molar-refractivity contribution in [3.05, 3.63) is 57.0 Å². The van der Waals surface area contributed by atoms with Gasteiger partial charge in [-0.2, -0.15) is 0 Å². The zero-order valence-electron chi connectivity index (χ0n) is 11.8. The number of hydrogen-bond donors (Lipinski definition) is 2. The molecule has 0 aliphatic rings. The van der Waals surface area contributed by atoms with Crippen molar-refractivity contribution in [3.8, 4) is 0 Å². The number of aryl methyl sites for hydroxylation is 1. The van der Waals surface area contributed by atoms with Crippen molar-refractivity contribution in [2.45, 2.75) is 20.4 Å². The molecule has 0 radical (unpaired) electrons. The Labute approximate surface area is 137 Å². The Balaban J connectivity index is 2.06. The van der Waals surface area contributed by atoms with Crippen LogP contribution in [-0.2, 0) is 11.3 Å². The first kappa shape index (κ1) is 15.9. The molecule has 2 aromatic carbocycles. The van der Waals surface area contributed by atoms with Gasteiger partial charge in [-0.05, 0) is 42.3 Å². The summed E-state index contributed by atoms with van der Waals surface area (Å²) in [4.78, 5) is 11.0. The van der Waals surface area contributed by atoms with Crippen LogP contribution in [0.25, 0.3) is 0 Å². The topological polar surface area (TPSA) is 41.1 Å². The summed E-state index contributed by atoms with van der Waals surface area (Å²) in [6.07, 6.45) is 0. The molecule has 0 heterocycles. The van der Waals surface area contributed by atoms with Gasteiger partial charge in [-0.25, -0.2) is 0 Å². The van der Waals surface area contributed by atoms with Gasteiger partial charge < -0.3 is 10.6 Å². The molecule has 0 aliphatic heterocycles. The highest BCUT2D eigenvalue weighted by atomic mass is 79.9. The zero-order valence-corrected chi connectivity index (χ0v) is 14.2. The predicted molar refractivity (Wildman–Crippen MR) is 92.0 cm³/mol. The zero-order chi connectivity index (χ0) is 15.4. The largest absolute Gasteiger partial charge is 0.381 e. The second-order valence-electron chi connectivity index (χ2n) is 4.82. The molecule has 2 N–H and O–H groups in total. The second kappa shape index (κ2) is 6.96. The van der Waals surface area contributed by atoms with Crippen LogP contribution in [0.5, 0.6) is 0 Å². The summed E-state index contributed by atoms with van der Waals surface area (Å²) in [7, 11) is 0. The molecule has 0 spiro atoms. The van der Waals surface area contributed by atoms with Crippen LogP contribution < -0.4 is 10.6 Å². The Morgan fingerprint density at radius 2 is 2.00 bits per heavy atom. The highest BCUT2D eigenvalue weighted by Crippen LogP contribution is 2.26. The minimum atomic E-state index is -0.138. The number of rotatable bonds is 4. The molecule has 0 unspecified atom stereocenters. The number of carbonyl (C=O) groups excluding carboxylic acids is 1. The van der Waals surface area contributed by atoms with Crippen LogP contribution in [0.4, 0.5) is 11.4 Å². The van der Waals surface area contributed by atoms with Crippen LogP contribution in [0.2, 0.25) is 5.02 Å². The highest BCUT2D eigenvalue weighted by molar-refractivity contribution is 9.10. The molecular weight excluding hydrogens is 352 g/mol. The lowest BCUT2D eigenvalue weighted by Gasteiger charge is -2.11. The molecule has 0 aliphatic carbocycles. The lowest BCUT2D eigenvalue weighted by Crippen LogP contribution is -2.06. The van der Waals surface area contributed by atoms with Gasteiger partial charge in [0.05, 0.1) is 10.7 Å². The molecule has 2 rings (SSSR count). The average molecular weight is 368 g/mol. The number of carbonyl (C=O) groups is 1. The van der Waals surface area contributed by atoms with Crippen molar-refractivity contribution in [2.24, 2.45) is 0 Å². The molecule has 21 heavy (non-hydrogen) atoms. The van der Waals surface area contributed by atoms with Gasteiger partial charge in [0.1, 0.15) is 0 Å². The van der Waals surface area contributed by atoms with Crippen LogP contribution >= 0.6 is 27.5 Å². The fraction of sp³-hybridized carbons (Fsp3) is 0.188. The van der Waals surface area contributed by atoms with E-state index in [1.54, 1.807) is 12.1 Å². The van der Waals surface area contributed by atoms with Crippen molar-refractivity contribution < 1.29 is 4.79 Å². The van der Waals surface area contributed by atoms with E-state index in [2.05, 4.69) is 51.7 Å². The van der Waals surface area contributed by atoms with Crippen LogP contribution in [0.3, 0.4) is 0 Å². The molecule has 3 nitrogen and oxygen atoms in total. The number of hydrogen-bond acceptors (Lipinski definition) is 2. The third kappa shape index (κ3) is 4.48. The van der Waals surface area contributed by atoms with E-state index in [1.165, 1.54) is 18.1 Å². The highest BCUT2D eigenvalue weighted by Gasteiger charge is 2.04. The van der Waals surface area contributed by atoms with Crippen molar-refractivity contribution in [1.82, 2.24) is 0 Å². The Kier molecular flexibility index (Phi) is 5.26. The van der Waals surface area contributed by atoms with Crippen molar-refractivity contribution in [2.75, 3.05) is 10.6 Å². The quantitative estimate of drug-likeness (QED) is 0.800. The molecule has 2 aromatic rings. The maximum atomic E-state index is 11.0. The first-order chi connectivity index (χ1) is 9.95. The summed E-state index contributed by atoms with van der Waals surface area (Å²) in [6, 6.07) is 11.7. The second-order valence-corrected chi connectivity index (χ2v) is 6.09. The third-order valence-electron chi connectivity index (χ3n) is 2.97. The summed E-state index contributed by atoms with van der Waals surface area (Å²) in [5, 5.41) is 6.51. The number of benzene rings is 2. The number of halogens is 2. The van der Waals surface area contributed by atoms with Gasteiger partial charge in [0.25, 0.3) is 0 Å². The fourth-order valence-corrected chi connectivity index (χ4v) is 2.77. The van der Waals surface area contributed by atoms with Crippen molar-refractivity contribution in [3.63, 3.8) is 0 Å². The number of anilines is 2. The van der Waals surface area contributed by atoms with Crippen LogP contribution in [0.1, 0.15) is 18.1 Å². The molecule has 0 bridgehead atoms. The van der Waals surface area contributed by atoms with E-state index in [9.17, 15) is 4.79 Å². The summed E-state index contributed by atoms with van der Waals surface area (Å²) >= 11 is 9.70. The molecule has 0 saturated heterocycles. The van der Waals surface area contributed by atoms with E-state index >= 15 is 0 Å². The number of nitrogens with one attached hydrogen (secondary N) is 2. The Hall–Kier alpha value is -1.52. The molecule has 5 heteroatoms. The van der Waals surface area contributed by atoms with Gasteiger partial charge in [-0.15, -0.1) is 0 Å². The molecule has 0 fully saturated rings. The van der Waals surface area contributed by atoms with E-state index in [-0.39, 0.29) is 5.91 Å². The first-order valence-corrected chi connectivity index (χ1v) is 7.69. The average Bonchev–Trinajstić information content (AvgIpc) is 2.40. The predicted octanol–water partition coefficient (Wildman–Crippen LogP) is 4.98. The van der Waals surface area contributed by atoms with Gasteiger partial charge in [0, 0.05) is 23.6 Å². The van der Waals surface area contributed by atoms with Crippen molar-refractivity contribution >= 4 is 44.8 Å². The number of amides is 1. The Bertz CT molecular complexity index is 673. The lowest BCUT2D eigenvalue weighted by molar-refractivity contribution is -0.114. The maximum Gasteiger partial charge on any atom is 0.221 e. The van der Waals surface area contributed by atoms with Crippen molar-refractivity contribution in [1.29, 1.82) is 0 Å². The summed E-state index contributed by atoms with van der Waals surface area (Å²) < 4.78 is 1.08. The molecule has 0 atom stereocenters. The van der Waals surface area contributed by atoms with Crippen LogP contribution in [0.15, 0.2) is 40.9 Å². The third-order valence-corrected chi connectivity index (χ3v) is 4.02. The molecule has 110 valence electrons. The lowest BCUT2D eigenvalue weighted by atomic mass is 10.1. The molecule has 0 aromatic heterocycles. The summed E-state index contributed by atoms with van der Waals surface area (Å²) in [5.41, 5.74) is 3.91. The molecule has 1 amide bonds. The fourth-order valence-electron chi connectivity index (χ4n) is 1.91. The monoisotopic (exact) mass is 366 g/mol. The summed E-state index contributed by atoms with van der Waals surface area (Å²) in [6.45, 7) is 4.20. The minimum Gasteiger partial charge on any atom is -0.381 e. The van der Waals surface area contributed by atoms with Gasteiger partial charge >= 0.3 is 0 Å². The van der Waals surface area contributed by atoms with E-state index in [0.29, 0.717) is 17.3 Å². The normalized spacial score (nSPS) is 10.3. The van der Waals surface area contributed by atoms with E-state index in [0.717, 1.165) is 10.2 Å². The standard InChI is InChI=1S/C16H16BrClN2O/c1-10-3-4-12(14(17)7-10)9-19-13-5-6-16(15(18)8-13)20-11(2)21/h3-8,19H,9H2,1-2H3,(H,20,21). The van der Waals surface area contributed by atoms with Gasteiger partial charge in [-0.3, -0.25) is 4.79 Å². The van der Waals surface area contributed by atoms with E-state index in [1.807, 2.05) is 6.07 Å². The summed E-state index contributed by atoms with van der Waals surface area (Å²) in [5.74, 6) is -0.138. The molecular formula is C16H16BrClN2O. The smallest absolute Gasteiger partial charge is 0.221 e. The SMILES string of the molecule is CC(=O)Nc1ccc(NCc2ccc(C)cc2Br)cc1Cl. The van der Waals surface area contributed by atoms with Gasteiger partial charge in [-0.1, -0.05) is 39.7 Å². The minimum absolute atomic E-state index is 0.138. The molecule has 0 saturated carbocycles. The Morgan fingerprint density at radius 1 is 1.24 bits per heavy atom. The van der Waals surface area contributed by atoms with Gasteiger partial charge in [0.15, 0.2) is 0 Å². The van der Waals surface area contributed by atoms with Crippen LogP contribution in [-0.4, -0.2) is 5.91 Å². The maximum absolute atomic E-state index is 11.0.